The average Bonchev–Trinajstić information content (AvgIpc) is 3.09. The molecule has 0 spiro atoms. The highest BCUT2D eigenvalue weighted by Crippen LogP contribution is 2.39. The van der Waals surface area contributed by atoms with Crippen molar-refractivity contribution in [3.8, 4) is 0 Å². The molecule has 3 rings (SSSR count). The van der Waals surface area contributed by atoms with Crippen molar-refractivity contribution in [2.75, 3.05) is 34.3 Å². The third-order valence-electron chi connectivity index (χ3n) is 12.2. The number of hydrogen-bond acceptors (Lipinski definition) is 14. The molecule has 0 amide bonds. The van der Waals surface area contributed by atoms with Gasteiger partial charge >= 0.3 is 5.97 Å². The van der Waals surface area contributed by atoms with Gasteiger partial charge in [0.25, 0.3) is 0 Å². The van der Waals surface area contributed by atoms with E-state index in [1.165, 1.54) is 14.0 Å². The second kappa shape index (κ2) is 18.8. The number of carbonyl (C=O) groups excluding carboxylic acids is 2. The minimum Gasteiger partial charge on any atom is -0.459 e. The molecule has 3 aliphatic rings. The van der Waals surface area contributed by atoms with E-state index in [0.717, 1.165) is 0 Å². The van der Waals surface area contributed by atoms with Crippen LogP contribution in [0.2, 0.25) is 0 Å². The zero-order valence-corrected chi connectivity index (χ0v) is 35.1. The van der Waals surface area contributed by atoms with E-state index in [2.05, 4.69) is 11.5 Å². The lowest BCUT2D eigenvalue weighted by Gasteiger charge is -2.48. The van der Waals surface area contributed by atoms with E-state index in [4.69, 9.17) is 28.4 Å². The molecule has 3 saturated heterocycles. The second-order valence-electron chi connectivity index (χ2n) is 17.2. The van der Waals surface area contributed by atoms with Gasteiger partial charge in [0.05, 0.1) is 35.9 Å². The van der Waals surface area contributed by atoms with Gasteiger partial charge in [-0.3, -0.25) is 14.5 Å². The molecule has 0 aromatic rings. The van der Waals surface area contributed by atoms with Crippen LogP contribution in [0.5, 0.6) is 0 Å². The van der Waals surface area contributed by atoms with Crippen LogP contribution in [0.15, 0.2) is 12.7 Å². The number of Topliss-reactive ketones (excluding diaryl/α,β-unsaturated/α-hetero) is 1. The van der Waals surface area contributed by atoms with Crippen molar-refractivity contribution in [3.05, 3.63) is 12.7 Å². The SMILES string of the molecule is C=CCN1C[C@H](C)[C@@H](O)[C@](C)(O)[C@@H](CC)OC(=O)[C@H](C)[C@@H](O[C@H]2C[C@@](C)(OC)C(=O)[C@H](C)O2)[C@H](C)[C@@H](O[C@@H]2O[C@H](C)C[C@H](N(C)C)[C@H]2O)[C@](C)(O)C[C@H]1C. The molecule has 3 heterocycles. The van der Waals surface area contributed by atoms with Crippen molar-refractivity contribution in [1.82, 2.24) is 9.80 Å². The normalized spacial score (nSPS) is 46.8. The Bertz CT molecular complexity index is 1250. The van der Waals surface area contributed by atoms with E-state index in [0.29, 0.717) is 19.5 Å². The molecule has 4 N–H and O–H groups in total. The summed E-state index contributed by atoms with van der Waals surface area (Å²) in [7, 11) is 5.20. The Labute approximate surface area is 323 Å². The van der Waals surface area contributed by atoms with Gasteiger partial charge in [-0.05, 0) is 87.7 Å². The minimum atomic E-state index is -1.82. The van der Waals surface area contributed by atoms with Crippen molar-refractivity contribution in [2.24, 2.45) is 17.8 Å². The van der Waals surface area contributed by atoms with Crippen LogP contribution in [0.25, 0.3) is 0 Å². The van der Waals surface area contributed by atoms with Gasteiger partial charge in [-0.15, -0.1) is 6.58 Å². The largest absolute Gasteiger partial charge is 0.459 e. The lowest BCUT2D eigenvalue weighted by molar-refractivity contribution is -0.307. The van der Waals surface area contributed by atoms with E-state index in [1.54, 1.807) is 47.6 Å². The van der Waals surface area contributed by atoms with Crippen LogP contribution in [0.3, 0.4) is 0 Å². The Morgan fingerprint density at radius 3 is 2.19 bits per heavy atom. The number of esters is 1. The molecule has 0 aliphatic carbocycles. The van der Waals surface area contributed by atoms with Crippen molar-refractivity contribution < 1.29 is 58.4 Å². The molecule has 14 heteroatoms. The van der Waals surface area contributed by atoms with Gasteiger partial charge in [-0.2, -0.15) is 0 Å². The molecule has 3 aliphatic heterocycles. The molecule has 314 valence electrons. The highest BCUT2D eigenvalue weighted by Gasteiger charge is 2.52. The van der Waals surface area contributed by atoms with E-state index < -0.39 is 89.7 Å². The standard InChI is InChI=1S/C40H72N2O12/c1-15-17-42-21-22(3)33(44)40(11,48)29(16-2)52-36(46)26(7)32(53-30-20-39(10,49-14)34(45)27(8)51-30)25(6)35(38(9,47)19-23(42)4)54-37-31(43)28(41(12)13)18-24(5)50-37/h15,22-33,35,37,43-44,47-48H,1,16-21H2,2-14H3/t22-,23+,24+,25-,26+,27-,28-,29+,30-,31+,32-,33+,35+,37-,38+,39+,40+/m0/s1. The van der Waals surface area contributed by atoms with Crippen molar-refractivity contribution in [2.45, 2.75) is 179 Å². The third-order valence-corrected chi connectivity index (χ3v) is 12.2. The summed E-state index contributed by atoms with van der Waals surface area (Å²) in [4.78, 5) is 31.3. The van der Waals surface area contributed by atoms with Gasteiger partial charge < -0.3 is 53.7 Å². The first kappa shape index (κ1) is 46.8. The van der Waals surface area contributed by atoms with Crippen LogP contribution in [-0.4, -0.2) is 160 Å². The van der Waals surface area contributed by atoms with Crippen molar-refractivity contribution >= 4 is 11.8 Å². The second-order valence-corrected chi connectivity index (χ2v) is 17.2. The van der Waals surface area contributed by atoms with Gasteiger partial charge in [0.2, 0.25) is 0 Å². The summed E-state index contributed by atoms with van der Waals surface area (Å²) in [6, 6.07) is -0.600. The molecule has 17 atom stereocenters. The molecular weight excluding hydrogens is 700 g/mol. The van der Waals surface area contributed by atoms with Crippen LogP contribution in [-0.2, 0) is 38.0 Å². The van der Waals surface area contributed by atoms with Crippen LogP contribution in [0, 0.1) is 17.8 Å². The van der Waals surface area contributed by atoms with E-state index in [-0.39, 0.29) is 43.2 Å². The topological polar surface area (TPSA) is 177 Å². The molecule has 0 aromatic carbocycles. The summed E-state index contributed by atoms with van der Waals surface area (Å²) in [5.74, 6) is -3.28. The van der Waals surface area contributed by atoms with E-state index in [9.17, 15) is 30.0 Å². The number of aliphatic hydroxyl groups excluding tert-OH is 2. The summed E-state index contributed by atoms with van der Waals surface area (Å²) in [5, 5.41) is 47.6. The van der Waals surface area contributed by atoms with Gasteiger partial charge in [0.1, 0.15) is 29.5 Å². The van der Waals surface area contributed by atoms with Crippen molar-refractivity contribution in [1.29, 1.82) is 0 Å². The van der Waals surface area contributed by atoms with Crippen LogP contribution >= 0.6 is 0 Å². The summed E-state index contributed by atoms with van der Waals surface area (Å²) in [5.41, 5.74) is -4.67. The number of ether oxygens (including phenoxy) is 6. The monoisotopic (exact) mass is 773 g/mol. The maximum Gasteiger partial charge on any atom is 0.311 e. The Kier molecular flexibility index (Phi) is 16.3. The maximum atomic E-state index is 14.2. The molecule has 54 heavy (non-hydrogen) atoms. The Balaban J connectivity index is 2.22. The van der Waals surface area contributed by atoms with Crippen LogP contribution < -0.4 is 0 Å². The highest BCUT2D eigenvalue weighted by molar-refractivity contribution is 5.91. The lowest BCUT2D eigenvalue weighted by Crippen LogP contribution is -2.60. The average molecular weight is 773 g/mol. The molecule has 3 fully saturated rings. The number of likely N-dealkylation sites (N-methyl/N-ethyl adjacent to an activating group) is 1. The molecule has 0 unspecified atom stereocenters. The maximum absolute atomic E-state index is 14.2. The van der Waals surface area contributed by atoms with Gasteiger partial charge in [0.15, 0.2) is 18.4 Å². The first-order valence-electron chi connectivity index (χ1n) is 19.7. The van der Waals surface area contributed by atoms with E-state index in [1.807, 2.05) is 39.8 Å². The number of nitrogens with zero attached hydrogens (tertiary/aromatic N) is 2. The van der Waals surface area contributed by atoms with Crippen LogP contribution in [0.4, 0.5) is 0 Å². The predicted molar refractivity (Wildman–Crippen MR) is 202 cm³/mol. The summed E-state index contributed by atoms with van der Waals surface area (Å²) >= 11 is 0. The molecule has 0 saturated carbocycles. The summed E-state index contributed by atoms with van der Waals surface area (Å²) < 4.78 is 37.4. The molecular formula is C40H72N2O12. The molecule has 0 radical (unpaired) electrons. The zero-order chi connectivity index (χ0) is 41.1. The number of hydrogen-bond donors (Lipinski definition) is 4. The van der Waals surface area contributed by atoms with Crippen molar-refractivity contribution in [3.63, 3.8) is 0 Å². The fourth-order valence-electron chi connectivity index (χ4n) is 8.81. The Hall–Kier alpha value is -1.56. The molecule has 14 nitrogen and oxygen atoms in total. The Morgan fingerprint density at radius 1 is 1.00 bits per heavy atom. The first-order chi connectivity index (χ1) is 24.9. The number of carbonyl (C=O) groups is 2. The number of cyclic esters (lactones) is 1. The van der Waals surface area contributed by atoms with Gasteiger partial charge in [-0.25, -0.2) is 0 Å². The van der Waals surface area contributed by atoms with Crippen LogP contribution in [0.1, 0.15) is 94.9 Å². The summed E-state index contributed by atoms with van der Waals surface area (Å²) in [6.45, 7) is 22.0. The molecule has 0 bridgehead atoms. The number of rotatable bonds is 9. The lowest BCUT2D eigenvalue weighted by atomic mass is 9.78. The van der Waals surface area contributed by atoms with E-state index >= 15 is 0 Å². The number of ketones is 1. The smallest absolute Gasteiger partial charge is 0.311 e. The van der Waals surface area contributed by atoms with Gasteiger partial charge in [-0.1, -0.05) is 26.8 Å². The Morgan fingerprint density at radius 2 is 1.63 bits per heavy atom. The zero-order valence-electron chi connectivity index (χ0n) is 35.1. The predicted octanol–water partition coefficient (Wildman–Crippen LogP) is 2.67. The number of methoxy groups -OCH3 is 1. The quantitative estimate of drug-likeness (QED) is 0.199. The number of aliphatic hydroxyl groups is 4. The summed E-state index contributed by atoms with van der Waals surface area (Å²) in [6.07, 6.45) is -6.21. The highest BCUT2D eigenvalue weighted by atomic mass is 16.7. The first-order valence-corrected chi connectivity index (χ1v) is 19.7. The third kappa shape index (κ3) is 10.5. The minimum absolute atomic E-state index is 0.0238. The fourth-order valence-corrected chi connectivity index (χ4v) is 8.81. The van der Waals surface area contributed by atoms with Gasteiger partial charge in [0, 0.05) is 44.6 Å². The molecule has 0 aromatic heterocycles. The fraction of sp³-hybridized carbons (Fsp3) is 0.900.